The number of nitrogens with two attached hydrogens (primary N) is 1. The summed E-state index contributed by atoms with van der Waals surface area (Å²) >= 11 is 0. The molecule has 5 N–H and O–H groups in total. The maximum Gasteiger partial charge on any atom is 0.309 e. The van der Waals surface area contributed by atoms with E-state index in [-0.39, 0.29) is 23.3 Å². The summed E-state index contributed by atoms with van der Waals surface area (Å²) in [7, 11) is 1.41. The van der Waals surface area contributed by atoms with Crippen molar-refractivity contribution in [1.82, 2.24) is 0 Å². The number of rotatable bonds is 17. The van der Waals surface area contributed by atoms with Gasteiger partial charge >= 0.3 is 5.97 Å². The quantitative estimate of drug-likeness (QED) is 0.0935. The molecule has 0 saturated carbocycles. The molecule has 0 aliphatic carbocycles. The average molecular weight is 540 g/mol. The summed E-state index contributed by atoms with van der Waals surface area (Å²) in [5.41, 5.74) is 4.65. The monoisotopic (exact) mass is 539 g/mol. The van der Waals surface area contributed by atoms with Crippen LogP contribution in [0.2, 0.25) is 0 Å². The lowest BCUT2D eigenvalue weighted by Gasteiger charge is -2.34. The van der Waals surface area contributed by atoms with Gasteiger partial charge in [-0.2, -0.15) is 0 Å². The van der Waals surface area contributed by atoms with E-state index < -0.39 is 47.6 Å². The molecule has 0 bridgehead atoms. The van der Waals surface area contributed by atoms with Crippen molar-refractivity contribution < 1.29 is 39.1 Å². The topological polar surface area (TPSA) is 149 Å². The molecule has 9 nitrogen and oxygen atoms in total. The molecule has 0 aromatic rings. The number of aliphatic hydroxyl groups is 3. The van der Waals surface area contributed by atoms with E-state index in [2.05, 4.69) is 6.58 Å². The number of ether oxygens (including phenoxy) is 3. The molecule has 38 heavy (non-hydrogen) atoms. The molecule has 5 atom stereocenters. The highest BCUT2D eigenvalue weighted by Crippen LogP contribution is 2.31. The van der Waals surface area contributed by atoms with Crippen molar-refractivity contribution in [3.63, 3.8) is 0 Å². The maximum atomic E-state index is 13.2. The van der Waals surface area contributed by atoms with Crippen LogP contribution < -0.4 is 5.73 Å². The van der Waals surface area contributed by atoms with E-state index in [1.165, 1.54) is 13.4 Å². The van der Waals surface area contributed by atoms with E-state index >= 15 is 0 Å². The Morgan fingerprint density at radius 1 is 1.13 bits per heavy atom. The van der Waals surface area contributed by atoms with Gasteiger partial charge in [0.05, 0.1) is 42.5 Å². The van der Waals surface area contributed by atoms with Crippen LogP contribution >= 0.6 is 0 Å². The molecule has 0 amide bonds. The Morgan fingerprint density at radius 2 is 1.71 bits per heavy atom. The van der Waals surface area contributed by atoms with E-state index in [0.29, 0.717) is 18.4 Å². The van der Waals surface area contributed by atoms with Gasteiger partial charge in [0.25, 0.3) is 5.95 Å². The number of esters is 1. The van der Waals surface area contributed by atoms with E-state index in [9.17, 15) is 24.9 Å². The van der Waals surface area contributed by atoms with Crippen molar-refractivity contribution in [2.24, 2.45) is 23.0 Å². The largest absolute Gasteiger partial charge is 0.469 e. The molecule has 9 heteroatoms. The number of ketones is 1. The summed E-state index contributed by atoms with van der Waals surface area (Å²) in [5.74, 6) is -2.11. The Morgan fingerprint density at radius 3 is 2.21 bits per heavy atom. The number of hydrogen-bond acceptors (Lipinski definition) is 9. The van der Waals surface area contributed by atoms with Crippen molar-refractivity contribution in [2.45, 2.75) is 98.6 Å². The molecule has 0 saturated heterocycles. The maximum absolute atomic E-state index is 13.2. The van der Waals surface area contributed by atoms with Crippen molar-refractivity contribution in [3.8, 4) is 0 Å². The normalized spacial score (nSPS) is 17.4. The molecule has 0 aromatic heterocycles. The first-order chi connectivity index (χ1) is 17.4. The van der Waals surface area contributed by atoms with Crippen LogP contribution in [0.5, 0.6) is 0 Å². The number of allylic oxidation sites excluding steroid dienone is 1. The molecule has 0 aliphatic rings. The minimum Gasteiger partial charge on any atom is -0.469 e. The van der Waals surface area contributed by atoms with Gasteiger partial charge in [-0.25, -0.2) is 0 Å². The van der Waals surface area contributed by atoms with E-state index in [1.54, 1.807) is 66.7 Å². The molecule has 0 spiro atoms. The van der Waals surface area contributed by atoms with Gasteiger partial charge in [-0.3, -0.25) is 9.59 Å². The van der Waals surface area contributed by atoms with E-state index in [0.717, 1.165) is 0 Å². The first-order valence-corrected chi connectivity index (χ1v) is 12.9. The Kier molecular flexibility index (Phi) is 14.6. The fourth-order valence-corrected chi connectivity index (χ4v) is 3.74. The van der Waals surface area contributed by atoms with Gasteiger partial charge in [0.2, 0.25) is 0 Å². The standard InChI is InChI=1S/C29H49NO8/c1-11-23(19(3)15-22(30)17-37-21(5)36-10)38-25(32)16-24(31)29(8,9)27(34)20(4)26(33)18(2)13-12-14-28(6,7)35/h12-13,15,17-18,20,23-24,26,31,33,35H,5,11,14,16,30H2,1-4,6-10H3/b13-12+,19-15+,22-17-/t18-,20+,23-,24-,26-/m0/s1. The number of Topliss-reactive ketones (excluding diaryl/α,β-unsaturated/α-hetero) is 1. The second-order valence-corrected chi connectivity index (χ2v) is 11.0. The predicted molar refractivity (Wildman–Crippen MR) is 147 cm³/mol. The number of carbonyl (C=O) groups is 2. The molecule has 0 rings (SSSR count). The van der Waals surface area contributed by atoms with Gasteiger partial charge in [-0.15, -0.1) is 0 Å². The van der Waals surface area contributed by atoms with E-state index in [4.69, 9.17) is 19.9 Å². The molecule has 0 radical (unpaired) electrons. The fraction of sp³-hybridized carbons (Fsp3) is 0.655. The van der Waals surface area contributed by atoms with Crippen molar-refractivity contribution >= 4 is 11.8 Å². The van der Waals surface area contributed by atoms with Gasteiger partial charge in [0.15, 0.2) is 0 Å². The molecule has 0 fully saturated rings. The number of carbonyl (C=O) groups excluding carboxylic acids is 2. The summed E-state index contributed by atoms with van der Waals surface area (Å²) in [6.07, 6.45) is 3.94. The summed E-state index contributed by atoms with van der Waals surface area (Å²) in [6, 6.07) is 0. The number of hydrogen-bond donors (Lipinski definition) is 4. The van der Waals surface area contributed by atoms with Gasteiger partial charge in [-0.05, 0) is 51.8 Å². The van der Waals surface area contributed by atoms with Crippen LogP contribution in [0.4, 0.5) is 0 Å². The minimum absolute atomic E-state index is 0.0714. The minimum atomic E-state index is -1.32. The van der Waals surface area contributed by atoms with Crippen LogP contribution in [0, 0.1) is 17.3 Å². The van der Waals surface area contributed by atoms with Crippen LogP contribution in [-0.4, -0.2) is 58.1 Å². The zero-order valence-electron chi connectivity index (χ0n) is 24.5. The first kappa shape index (κ1) is 35.4. The average Bonchev–Trinajstić information content (AvgIpc) is 2.82. The van der Waals surface area contributed by atoms with Gasteiger partial charge in [0.1, 0.15) is 18.1 Å². The molecular weight excluding hydrogens is 490 g/mol. The van der Waals surface area contributed by atoms with E-state index in [1.807, 2.05) is 6.92 Å². The van der Waals surface area contributed by atoms with Gasteiger partial charge in [0, 0.05) is 11.8 Å². The molecule has 0 unspecified atom stereocenters. The Hall–Kier alpha value is -2.62. The molecule has 0 aromatic carbocycles. The zero-order valence-corrected chi connectivity index (χ0v) is 24.5. The molecule has 218 valence electrons. The lowest BCUT2D eigenvalue weighted by atomic mass is 9.73. The summed E-state index contributed by atoms with van der Waals surface area (Å²) in [5, 5.41) is 31.4. The van der Waals surface area contributed by atoms with Crippen LogP contribution in [0.1, 0.15) is 74.7 Å². The van der Waals surface area contributed by atoms with Gasteiger partial charge in [-0.1, -0.05) is 46.8 Å². The third-order valence-electron chi connectivity index (χ3n) is 6.45. The number of methoxy groups -OCH3 is 1. The Balaban J connectivity index is 5.25. The van der Waals surface area contributed by atoms with Crippen molar-refractivity contribution in [2.75, 3.05) is 7.11 Å². The predicted octanol–water partition coefficient (Wildman–Crippen LogP) is 3.89. The number of aliphatic hydroxyl groups excluding tert-OH is 2. The fourth-order valence-electron chi connectivity index (χ4n) is 3.74. The third-order valence-corrected chi connectivity index (χ3v) is 6.45. The zero-order chi connectivity index (χ0) is 29.8. The summed E-state index contributed by atoms with van der Waals surface area (Å²) < 4.78 is 15.4. The van der Waals surface area contributed by atoms with Crippen LogP contribution in [0.3, 0.4) is 0 Å². The van der Waals surface area contributed by atoms with Crippen LogP contribution in [-0.2, 0) is 23.8 Å². The highest BCUT2D eigenvalue weighted by atomic mass is 16.7. The van der Waals surface area contributed by atoms with Crippen LogP contribution in [0.15, 0.2) is 48.3 Å². The van der Waals surface area contributed by atoms with Crippen LogP contribution in [0.25, 0.3) is 0 Å². The second kappa shape index (κ2) is 15.7. The smallest absolute Gasteiger partial charge is 0.309 e. The van der Waals surface area contributed by atoms with Crippen molar-refractivity contribution in [3.05, 3.63) is 48.3 Å². The highest BCUT2D eigenvalue weighted by molar-refractivity contribution is 5.88. The third kappa shape index (κ3) is 12.3. The molecular formula is C29H49NO8. The lowest BCUT2D eigenvalue weighted by molar-refractivity contribution is -0.154. The highest BCUT2D eigenvalue weighted by Gasteiger charge is 2.42. The SMILES string of the molecule is C=C(OC)O/C=C(N)/C=C(\C)[C@H](CC)OC(=O)C[C@H](O)C(C)(C)C(=O)[C@H](C)[C@@H](O)[C@@H](C)/C=C/CC(C)(C)O. The molecule has 0 aliphatic heterocycles. The second-order valence-electron chi connectivity index (χ2n) is 11.0. The molecule has 0 heterocycles. The summed E-state index contributed by atoms with van der Waals surface area (Å²) in [4.78, 5) is 25.9. The Bertz CT molecular complexity index is 881. The summed E-state index contributed by atoms with van der Waals surface area (Å²) in [6.45, 7) is 16.9. The Labute approximate surface area is 228 Å². The first-order valence-electron chi connectivity index (χ1n) is 12.9. The lowest BCUT2D eigenvalue weighted by Crippen LogP contribution is -2.45. The van der Waals surface area contributed by atoms with Gasteiger partial charge < -0.3 is 35.3 Å². The van der Waals surface area contributed by atoms with Crippen molar-refractivity contribution in [1.29, 1.82) is 0 Å².